The molecule has 0 aromatic heterocycles. The van der Waals surface area contributed by atoms with E-state index < -0.39 is 0 Å². The van der Waals surface area contributed by atoms with Crippen molar-refractivity contribution >= 4 is 35.1 Å². The Kier molecular flexibility index (Phi) is 6.40. The van der Waals surface area contributed by atoms with Crippen molar-refractivity contribution < 1.29 is 14.3 Å². The van der Waals surface area contributed by atoms with Gasteiger partial charge in [-0.05, 0) is 24.6 Å². The molecule has 3 rings (SSSR count). The molecule has 1 amide bonds. The highest BCUT2D eigenvalue weighted by Gasteiger charge is 2.37. The number of carbonyl (C=O) groups excluding carboxylic acids is 2. The van der Waals surface area contributed by atoms with E-state index >= 15 is 0 Å². The van der Waals surface area contributed by atoms with Gasteiger partial charge in [-0.2, -0.15) is 0 Å². The minimum Gasteiger partial charge on any atom is -0.465 e. The molecule has 0 N–H and O–H groups in total. The Morgan fingerprint density at radius 1 is 1.19 bits per heavy atom. The number of carbonyl (C=O) groups is 2. The van der Waals surface area contributed by atoms with Crippen LogP contribution in [0.5, 0.6) is 0 Å². The Hall–Kier alpha value is -1.34. The van der Waals surface area contributed by atoms with E-state index in [0.717, 1.165) is 25.2 Å². The van der Waals surface area contributed by atoms with Gasteiger partial charge in [-0.25, -0.2) is 0 Å². The molecule has 0 bridgehead atoms. The molecule has 2 saturated heterocycles. The molecule has 2 heterocycles. The lowest BCUT2D eigenvalue weighted by molar-refractivity contribution is -0.145. The van der Waals surface area contributed by atoms with Crippen LogP contribution in [0, 0.1) is 0 Å². The monoisotopic (exact) mass is 399 g/mol. The van der Waals surface area contributed by atoms with E-state index in [1.807, 2.05) is 17.9 Å². The summed E-state index contributed by atoms with van der Waals surface area (Å²) in [7, 11) is 0. The molecule has 1 atom stereocenters. The van der Waals surface area contributed by atoms with Crippen LogP contribution in [-0.4, -0.2) is 78.6 Å². The predicted molar refractivity (Wildman–Crippen MR) is 100 cm³/mol. The number of amides is 1. The van der Waals surface area contributed by atoms with Gasteiger partial charge >= 0.3 is 5.97 Å². The fourth-order valence-corrected chi connectivity index (χ4v) is 3.82. The molecule has 142 valence electrons. The molecular weight excluding hydrogens is 377 g/mol. The highest BCUT2D eigenvalue weighted by atomic mass is 35.5. The van der Waals surface area contributed by atoms with Gasteiger partial charge in [0.25, 0.3) is 0 Å². The number of fused-ring (bicyclic) bond motifs is 1. The number of esters is 1. The van der Waals surface area contributed by atoms with E-state index in [0.29, 0.717) is 42.8 Å². The van der Waals surface area contributed by atoms with Crippen molar-refractivity contribution in [2.45, 2.75) is 19.4 Å². The van der Waals surface area contributed by atoms with E-state index in [4.69, 9.17) is 27.9 Å². The Morgan fingerprint density at radius 2 is 2.00 bits per heavy atom. The highest BCUT2D eigenvalue weighted by Crippen LogP contribution is 2.24. The molecule has 0 unspecified atom stereocenters. The van der Waals surface area contributed by atoms with Crippen LogP contribution in [-0.2, 0) is 20.7 Å². The summed E-state index contributed by atoms with van der Waals surface area (Å²) in [6, 6.07) is 5.55. The lowest BCUT2D eigenvalue weighted by atomic mass is 10.1. The maximum atomic E-state index is 12.6. The number of nitrogens with zero attached hydrogens (tertiary/aromatic N) is 3. The summed E-state index contributed by atoms with van der Waals surface area (Å²) >= 11 is 12.0. The van der Waals surface area contributed by atoms with Crippen molar-refractivity contribution in [2.75, 3.05) is 46.0 Å². The number of hydrogen-bond acceptors (Lipinski definition) is 5. The van der Waals surface area contributed by atoms with Gasteiger partial charge in [0.1, 0.15) is 0 Å². The zero-order valence-corrected chi connectivity index (χ0v) is 16.3. The normalized spacial score (nSPS) is 20.9. The number of benzene rings is 1. The van der Waals surface area contributed by atoms with Crippen molar-refractivity contribution in [1.82, 2.24) is 14.7 Å². The fraction of sp³-hybridized carbons (Fsp3) is 0.556. The lowest BCUT2D eigenvalue weighted by Gasteiger charge is -2.35. The number of piperazine rings is 1. The third kappa shape index (κ3) is 4.68. The number of hydrogen-bond donors (Lipinski definition) is 0. The number of ether oxygens (including phenoxy) is 1. The van der Waals surface area contributed by atoms with Crippen LogP contribution in [0.4, 0.5) is 0 Å². The smallest absolute Gasteiger partial charge is 0.320 e. The third-order valence-corrected chi connectivity index (χ3v) is 5.56. The second kappa shape index (κ2) is 8.57. The summed E-state index contributed by atoms with van der Waals surface area (Å²) in [5.41, 5.74) is 0.859. The van der Waals surface area contributed by atoms with Gasteiger partial charge < -0.3 is 9.64 Å². The van der Waals surface area contributed by atoms with E-state index in [2.05, 4.69) is 9.80 Å². The van der Waals surface area contributed by atoms with Crippen molar-refractivity contribution in [3.05, 3.63) is 33.8 Å². The van der Waals surface area contributed by atoms with Crippen molar-refractivity contribution in [3.8, 4) is 0 Å². The van der Waals surface area contributed by atoms with Crippen LogP contribution in [0.2, 0.25) is 10.0 Å². The first-order valence-electron chi connectivity index (χ1n) is 8.80. The second-order valence-corrected chi connectivity index (χ2v) is 7.50. The summed E-state index contributed by atoms with van der Waals surface area (Å²) < 4.78 is 5.02. The molecule has 8 heteroatoms. The maximum Gasteiger partial charge on any atom is 0.320 e. The largest absolute Gasteiger partial charge is 0.465 e. The summed E-state index contributed by atoms with van der Waals surface area (Å²) in [6.45, 7) is 6.27. The first-order valence-corrected chi connectivity index (χ1v) is 9.55. The van der Waals surface area contributed by atoms with Gasteiger partial charge in [-0.1, -0.05) is 29.3 Å². The Balaban J connectivity index is 1.53. The molecule has 6 nitrogen and oxygen atoms in total. The molecule has 1 aromatic carbocycles. The molecular formula is C18H23Cl2N3O3. The fourth-order valence-electron chi connectivity index (χ4n) is 3.50. The zero-order valence-electron chi connectivity index (χ0n) is 14.8. The maximum absolute atomic E-state index is 12.6. The van der Waals surface area contributed by atoms with Gasteiger partial charge in [0.05, 0.1) is 36.3 Å². The quantitative estimate of drug-likeness (QED) is 0.707. The topological polar surface area (TPSA) is 53.1 Å². The van der Waals surface area contributed by atoms with Gasteiger partial charge in [0.2, 0.25) is 5.91 Å². The van der Waals surface area contributed by atoms with Gasteiger partial charge in [0.15, 0.2) is 0 Å². The lowest BCUT2D eigenvalue weighted by Crippen LogP contribution is -2.52. The van der Waals surface area contributed by atoms with Crippen LogP contribution in [0.3, 0.4) is 0 Å². The molecule has 0 radical (unpaired) electrons. The van der Waals surface area contributed by atoms with Crippen LogP contribution in [0.25, 0.3) is 0 Å². The molecule has 2 aliphatic rings. The summed E-state index contributed by atoms with van der Waals surface area (Å²) in [5.74, 6) is -0.110. The van der Waals surface area contributed by atoms with E-state index in [1.165, 1.54) is 0 Å². The summed E-state index contributed by atoms with van der Waals surface area (Å²) in [5, 5.41) is 0.952. The Bertz CT molecular complexity index is 686. The molecule has 1 aromatic rings. The minimum atomic E-state index is -0.188. The summed E-state index contributed by atoms with van der Waals surface area (Å²) in [4.78, 5) is 30.6. The molecule has 0 aliphatic carbocycles. The van der Waals surface area contributed by atoms with E-state index in [9.17, 15) is 9.59 Å². The van der Waals surface area contributed by atoms with Crippen molar-refractivity contribution in [1.29, 1.82) is 0 Å². The zero-order chi connectivity index (χ0) is 18.7. The Labute approximate surface area is 163 Å². The number of rotatable bonds is 5. The first-order chi connectivity index (χ1) is 12.5. The molecule has 2 aliphatic heterocycles. The third-order valence-electron chi connectivity index (χ3n) is 4.82. The molecule has 0 saturated carbocycles. The van der Waals surface area contributed by atoms with Gasteiger partial charge in [-0.3, -0.25) is 19.4 Å². The standard InChI is InChI=1S/C18H23Cl2N3O3/c1-2-26-18(25)11-21-5-6-22-12-23(10-14(22)9-21)17(24)8-13-3-4-15(19)16(20)7-13/h3-4,7,14H,2,5-6,8-12H2,1H3/t14-/m1/s1. The van der Waals surface area contributed by atoms with Crippen LogP contribution >= 0.6 is 23.2 Å². The van der Waals surface area contributed by atoms with Gasteiger partial charge in [0, 0.05) is 32.2 Å². The second-order valence-electron chi connectivity index (χ2n) is 6.69. The molecule has 0 spiro atoms. The van der Waals surface area contributed by atoms with Crippen molar-refractivity contribution in [3.63, 3.8) is 0 Å². The summed E-state index contributed by atoms with van der Waals surface area (Å²) in [6.07, 6.45) is 0.310. The SMILES string of the molecule is CCOC(=O)CN1CCN2CN(C(=O)Cc3ccc(Cl)c(Cl)c3)C[C@H]2C1. The molecule has 2 fully saturated rings. The van der Waals surface area contributed by atoms with Crippen molar-refractivity contribution in [2.24, 2.45) is 0 Å². The average Bonchev–Trinajstić information content (AvgIpc) is 3.02. The highest BCUT2D eigenvalue weighted by molar-refractivity contribution is 6.42. The van der Waals surface area contributed by atoms with Gasteiger partial charge in [-0.15, -0.1) is 0 Å². The first kappa shape index (κ1) is 19.4. The number of halogens is 2. The van der Waals surface area contributed by atoms with E-state index in [-0.39, 0.29) is 17.9 Å². The van der Waals surface area contributed by atoms with Crippen LogP contribution < -0.4 is 0 Å². The minimum absolute atomic E-state index is 0.0785. The Morgan fingerprint density at radius 3 is 2.73 bits per heavy atom. The van der Waals surface area contributed by atoms with Crippen LogP contribution in [0.1, 0.15) is 12.5 Å². The average molecular weight is 400 g/mol. The van der Waals surface area contributed by atoms with Crippen LogP contribution in [0.15, 0.2) is 18.2 Å². The predicted octanol–water partition coefficient (Wildman–Crippen LogP) is 1.88. The van der Waals surface area contributed by atoms with E-state index in [1.54, 1.807) is 12.1 Å². The molecule has 26 heavy (non-hydrogen) atoms.